The van der Waals surface area contributed by atoms with Crippen molar-refractivity contribution in [1.29, 1.82) is 5.26 Å². The van der Waals surface area contributed by atoms with Gasteiger partial charge in [0.25, 0.3) is 0 Å². The topological polar surface area (TPSA) is 52.8 Å². The molecule has 0 N–H and O–H groups in total. The van der Waals surface area contributed by atoms with Crippen LogP contribution in [0.5, 0.6) is 0 Å². The number of aromatic nitrogens is 2. The smallest absolute Gasteiger partial charge is 0.155 e. The van der Waals surface area contributed by atoms with Crippen LogP contribution in [0.25, 0.3) is 10.9 Å². The Morgan fingerprint density at radius 3 is 2.48 bits per heavy atom. The van der Waals surface area contributed by atoms with Crippen LogP contribution in [0.15, 0.2) is 60.9 Å². The summed E-state index contributed by atoms with van der Waals surface area (Å²) in [7, 11) is 0. The van der Waals surface area contributed by atoms with E-state index in [0.29, 0.717) is 0 Å². The molecule has 4 heteroatoms. The molecule has 2 aromatic heterocycles. The summed E-state index contributed by atoms with van der Waals surface area (Å²) in [6.45, 7) is 1.93. The molecule has 3 aromatic rings. The predicted molar refractivity (Wildman–Crippen MR) is 97.2 cm³/mol. The standard InChI is InChI=1S/C21H18N4/c22-13-21(17-6-2-1-3-7-17)11-20(12-21)14-25(15-20)19-18-16(8-10-24-19)5-4-9-23-18/h1-10H,11-12,14-15H2. The number of nitriles is 1. The molecule has 0 radical (unpaired) electrons. The summed E-state index contributed by atoms with van der Waals surface area (Å²) >= 11 is 0. The van der Waals surface area contributed by atoms with E-state index in [9.17, 15) is 5.26 Å². The first-order chi connectivity index (χ1) is 12.2. The molecule has 25 heavy (non-hydrogen) atoms. The van der Waals surface area contributed by atoms with Crippen LogP contribution in [-0.4, -0.2) is 23.1 Å². The first kappa shape index (κ1) is 14.4. The van der Waals surface area contributed by atoms with Gasteiger partial charge in [0.15, 0.2) is 5.82 Å². The average Bonchev–Trinajstić information content (AvgIpc) is 2.61. The van der Waals surface area contributed by atoms with Crippen molar-refractivity contribution in [2.24, 2.45) is 5.41 Å². The largest absolute Gasteiger partial charge is 0.354 e. The van der Waals surface area contributed by atoms with Crippen molar-refractivity contribution in [3.05, 3.63) is 66.5 Å². The molecule has 0 unspecified atom stereocenters. The van der Waals surface area contributed by atoms with Crippen LogP contribution >= 0.6 is 0 Å². The number of pyridine rings is 2. The number of nitrogens with zero attached hydrogens (tertiary/aromatic N) is 4. The number of hydrogen-bond donors (Lipinski definition) is 0. The summed E-state index contributed by atoms with van der Waals surface area (Å²) in [6.07, 6.45) is 5.56. The van der Waals surface area contributed by atoms with Crippen molar-refractivity contribution in [3.8, 4) is 6.07 Å². The lowest BCUT2D eigenvalue weighted by Gasteiger charge is -2.62. The molecule has 1 aliphatic carbocycles. The summed E-state index contributed by atoms with van der Waals surface area (Å²) in [5.41, 5.74) is 2.07. The molecule has 1 saturated carbocycles. The highest BCUT2D eigenvalue weighted by atomic mass is 15.3. The molecule has 122 valence electrons. The van der Waals surface area contributed by atoms with Gasteiger partial charge >= 0.3 is 0 Å². The lowest BCUT2D eigenvalue weighted by atomic mass is 9.48. The molecule has 1 aliphatic heterocycles. The molecule has 2 aliphatic rings. The van der Waals surface area contributed by atoms with E-state index in [4.69, 9.17) is 0 Å². The van der Waals surface area contributed by atoms with Gasteiger partial charge in [-0.2, -0.15) is 5.26 Å². The van der Waals surface area contributed by atoms with Crippen LogP contribution in [0.2, 0.25) is 0 Å². The summed E-state index contributed by atoms with van der Waals surface area (Å²) < 4.78 is 0. The maximum absolute atomic E-state index is 9.78. The molecular formula is C21H18N4. The van der Waals surface area contributed by atoms with Crippen LogP contribution in [0, 0.1) is 16.7 Å². The Kier molecular flexibility index (Phi) is 2.90. The molecule has 4 nitrogen and oxygen atoms in total. The maximum Gasteiger partial charge on any atom is 0.155 e. The zero-order chi connectivity index (χ0) is 16.9. The molecule has 1 saturated heterocycles. The first-order valence-corrected chi connectivity index (χ1v) is 8.65. The minimum Gasteiger partial charge on any atom is -0.354 e. The molecule has 3 heterocycles. The van der Waals surface area contributed by atoms with Crippen LogP contribution in [0.1, 0.15) is 18.4 Å². The monoisotopic (exact) mass is 326 g/mol. The van der Waals surface area contributed by atoms with Gasteiger partial charge in [0.05, 0.1) is 11.5 Å². The second-order valence-electron chi connectivity index (χ2n) is 7.48. The highest BCUT2D eigenvalue weighted by Gasteiger charge is 2.61. The van der Waals surface area contributed by atoms with E-state index < -0.39 is 0 Å². The van der Waals surface area contributed by atoms with Crippen molar-refractivity contribution >= 4 is 16.7 Å². The Balaban J connectivity index is 1.37. The number of benzene rings is 1. The Labute approximate surface area is 146 Å². The maximum atomic E-state index is 9.78. The van der Waals surface area contributed by atoms with E-state index >= 15 is 0 Å². The highest BCUT2D eigenvalue weighted by molar-refractivity contribution is 5.88. The summed E-state index contributed by atoms with van der Waals surface area (Å²) in [6, 6.07) is 18.9. The fourth-order valence-electron chi connectivity index (χ4n) is 4.69. The van der Waals surface area contributed by atoms with Gasteiger partial charge in [0.1, 0.15) is 5.52 Å². The van der Waals surface area contributed by atoms with Gasteiger partial charge in [-0.05, 0) is 30.5 Å². The average molecular weight is 326 g/mol. The molecule has 0 bridgehead atoms. The van der Waals surface area contributed by atoms with E-state index in [1.54, 1.807) is 0 Å². The molecule has 1 spiro atoms. The zero-order valence-electron chi connectivity index (χ0n) is 13.9. The molecule has 2 fully saturated rings. The zero-order valence-corrected chi connectivity index (χ0v) is 13.9. The fraction of sp³-hybridized carbons (Fsp3) is 0.286. The minimum absolute atomic E-state index is 0.254. The lowest BCUT2D eigenvalue weighted by Crippen LogP contribution is -2.67. The van der Waals surface area contributed by atoms with Gasteiger partial charge in [0.2, 0.25) is 0 Å². The van der Waals surface area contributed by atoms with E-state index in [1.807, 2.05) is 42.7 Å². The molecular weight excluding hydrogens is 308 g/mol. The number of fused-ring (bicyclic) bond motifs is 1. The van der Waals surface area contributed by atoms with Crippen molar-refractivity contribution in [1.82, 2.24) is 9.97 Å². The van der Waals surface area contributed by atoms with Gasteiger partial charge in [-0.3, -0.25) is 4.98 Å². The molecule has 1 aromatic carbocycles. The van der Waals surface area contributed by atoms with E-state index in [2.05, 4.69) is 39.1 Å². The molecule has 0 atom stereocenters. The minimum atomic E-state index is -0.308. The molecule has 5 rings (SSSR count). The van der Waals surface area contributed by atoms with Crippen molar-refractivity contribution < 1.29 is 0 Å². The fourth-order valence-corrected chi connectivity index (χ4v) is 4.69. The lowest BCUT2D eigenvalue weighted by molar-refractivity contribution is 0.0254. The van der Waals surface area contributed by atoms with Gasteiger partial charge in [-0.25, -0.2) is 4.98 Å². The number of anilines is 1. The third-order valence-corrected chi connectivity index (χ3v) is 5.75. The number of hydrogen-bond acceptors (Lipinski definition) is 4. The number of rotatable bonds is 2. The van der Waals surface area contributed by atoms with Gasteiger partial charge in [0, 0.05) is 36.3 Å². The van der Waals surface area contributed by atoms with Crippen LogP contribution in [0.3, 0.4) is 0 Å². The normalized spacial score (nSPS) is 19.9. The van der Waals surface area contributed by atoms with Gasteiger partial charge < -0.3 is 4.90 Å². The Hall–Kier alpha value is -2.93. The Morgan fingerprint density at radius 2 is 1.72 bits per heavy atom. The van der Waals surface area contributed by atoms with Crippen LogP contribution < -0.4 is 4.90 Å². The van der Waals surface area contributed by atoms with Crippen LogP contribution in [0.4, 0.5) is 5.82 Å². The van der Waals surface area contributed by atoms with Gasteiger partial charge in [-0.15, -0.1) is 0 Å². The van der Waals surface area contributed by atoms with Crippen molar-refractivity contribution in [2.45, 2.75) is 18.3 Å². The Morgan fingerprint density at radius 1 is 0.920 bits per heavy atom. The summed E-state index contributed by atoms with van der Waals surface area (Å²) in [4.78, 5) is 11.4. The van der Waals surface area contributed by atoms with E-state index in [1.165, 1.54) is 0 Å². The quantitative estimate of drug-likeness (QED) is 0.721. The molecule has 0 amide bonds. The van der Waals surface area contributed by atoms with E-state index in [0.717, 1.165) is 48.2 Å². The van der Waals surface area contributed by atoms with Gasteiger partial charge in [-0.1, -0.05) is 36.4 Å². The van der Waals surface area contributed by atoms with Crippen LogP contribution in [-0.2, 0) is 5.41 Å². The third-order valence-electron chi connectivity index (χ3n) is 5.75. The summed E-state index contributed by atoms with van der Waals surface area (Å²) in [5, 5.41) is 10.9. The highest BCUT2D eigenvalue weighted by Crippen LogP contribution is 2.60. The van der Waals surface area contributed by atoms with Crippen molar-refractivity contribution in [3.63, 3.8) is 0 Å². The van der Waals surface area contributed by atoms with Crippen molar-refractivity contribution in [2.75, 3.05) is 18.0 Å². The Bertz CT molecular complexity index is 970. The second kappa shape index (κ2) is 5.03. The SMILES string of the molecule is N#CC1(c2ccccc2)CC2(CN(c3nccc4cccnc34)C2)C1. The predicted octanol–water partition coefficient (Wildman–Crippen LogP) is 3.69. The summed E-state index contributed by atoms with van der Waals surface area (Å²) in [5.74, 6) is 0.970. The first-order valence-electron chi connectivity index (χ1n) is 8.65. The third kappa shape index (κ3) is 2.05. The van der Waals surface area contributed by atoms with E-state index in [-0.39, 0.29) is 10.8 Å². The second-order valence-corrected chi connectivity index (χ2v) is 7.48.